The Morgan fingerprint density at radius 2 is 2.03 bits per heavy atom. The molecule has 3 rings (SSSR count). The lowest BCUT2D eigenvalue weighted by atomic mass is 10.2. The van der Waals surface area contributed by atoms with Crippen molar-refractivity contribution in [1.82, 2.24) is 20.1 Å². The summed E-state index contributed by atoms with van der Waals surface area (Å²) in [6, 6.07) is 11.2. The number of carbonyl (C=O) groups is 1. The predicted octanol–water partition coefficient (Wildman–Crippen LogP) is 4.87. The van der Waals surface area contributed by atoms with Crippen LogP contribution in [0.3, 0.4) is 0 Å². The third kappa shape index (κ3) is 5.79. The third-order valence-electron chi connectivity index (χ3n) is 4.61. The van der Waals surface area contributed by atoms with Gasteiger partial charge in [0.2, 0.25) is 5.91 Å². The van der Waals surface area contributed by atoms with E-state index in [9.17, 15) is 4.79 Å². The summed E-state index contributed by atoms with van der Waals surface area (Å²) < 4.78 is 13.2. The molecule has 0 fully saturated rings. The van der Waals surface area contributed by atoms with E-state index in [1.54, 1.807) is 18.4 Å². The zero-order valence-corrected chi connectivity index (χ0v) is 18.6. The number of amides is 1. The number of hydrogen-bond donors (Lipinski definition) is 1. The second-order valence-corrected chi connectivity index (χ2v) is 7.95. The Hall–Kier alpha value is -2.45. The third-order valence-corrected chi connectivity index (χ3v) is 5.86. The van der Waals surface area contributed by atoms with E-state index in [1.807, 2.05) is 24.3 Å². The van der Waals surface area contributed by atoms with Gasteiger partial charge in [0, 0.05) is 6.04 Å². The fourth-order valence-electron chi connectivity index (χ4n) is 3.01. The second kappa shape index (κ2) is 11.1. The average molecular weight is 449 g/mol. The largest absolute Gasteiger partial charge is 0.484 e. The Kier molecular flexibility index (Phi) is 8.21. The van der Waals surface area contributed by atoms with Crippen molar-refractivity contribution in [2.45, 2.75) is 51.0 Å². The fraction of sp³-hybridized carbons (Fsp3) is 0.381. The predicted molar refractivity (Wildman–Crippen MR) is 117 cm³/mol. The number of ether oxygens (including phenoxy) is 1. The molecule has 9 heteroatoms. The Balaban J connectivity index is 1.66. The fourth-order valence-corrected chi connectivity index (χ4v) is 4.05. The van der Waals surface area contributed by atoms with Gasteiger partial charge in [0.15, 0.2) is 11.0 Å². The molecule has 30 heavy (non-hydrogen) atoms. The number of para-hydroxylation sites is 1. The number of rotatable bonds is 11. The summed E-state index contributed by atoms with van der Waals surface area (Å²) in [5.41, 5.74) is 0. The lowest BCUT2D eigenvalue weighted by Gasteiger charge is -2.19. The molecule has 0 unspecified atom stereocenters. The van der Waals surface area contributed by atoms with Crippen LogP contribution in [-0.4, -0.2) is 26.4 Å². The highest BCUT2D eigenvalue weighted by atomic mass is 35.5. The van der Waals surface area contributed by atoms with Gasteiger partial charge in [-0.15, -0.1) is 10.2 Å². The average Bonchev–Trinajstić information content (AvgIpc) is 3.41. The summed E-state index contributed by atoms with van der Waals surface area (Å²) in [7, 11) is 0. The number of nitrogens with one attached hydrogen (secondary N) is 1. The maximum Gasteiger partial charge on any atom is 0.230 e. The minimum atomic E-state index is -0.0932. The molecule has 7 nitrogen and oxygen atoms in total. The van der Waals surface area contributed by atoms with Crippen molar-refractivity contribution in [2.24, 2.45) is 0 Å². The Labute approximate surface area is 185 Å². The molecule has 0 atom stereocenters. The van der Waals surface area contributed by atoms with Crippen LogP contribution in [0.2, 0.25) is 5.02 Å². The molecular weight excluding hydrogens is 424 g/mol. The van der Waals surface area contributed by atoms with Gasteiger partial charge in [0.1, 0.15) is 18.1 Å². The van der Waals surface area contributed by atoms with Crippen molar-refractivity contribution in [3.8, 4) is 5.75 Å². The first kappa shape index (κ1) is 22.2. The molecule has 2 aromatic heterocycles. The van der Waals surface area contributed by atoms with Crippen LogP contribution in [0.4, 0.5) is 0 Å². The van der Waals surface area contributed by atoms with Crippen LogP contribution < -0.4 is 10.1 Å². The summed E-state index contributed by atoms with van der Waals surface area (Å²) in [6.07, 6.45) is 3.43. The smallest absolute Gasteiger partial charge is 0.230 e. The van der Waals surface area contributed by atoms with E-state index in [1.165, 1.54) is 11.8 Å². The van der Waals surface area contributed by atoms with Crippen molar-refractivity contribution >= 4 is 29.3 Å². The summed E-state index contributed by atoms with van der Waals surface area (Å²) in [5.74, 6) is 2.17. The van der Waals surface area contributed by atoms with Gasteiger partial charge < -0.3 is 19.0 Å². The number of benzene rings is 1. The molecule has 3 aromatic rings. The van der Waals surface area contributed by atoms with Gasteiger partial charge in [0.25, 0.3) is 0 Å². The second-order valence-electron chi connectivity index (χ2n) is 6.60. The minimum Gasteiger partial charge on any atom is -0.484 e. The van der Waals surface area contributed by atoms with E-state index in [2.05, 4.69) is 33.9 Å². The molecule has 0 aliphatic rings. The quantitative estimate of drug-likeness (QED) is 0.421. The standard InChI is InChI=1S/C21H25ClN4O3S/c1-3-15(4-2)26-19(13-29-18-10-6-5-9-17(18)22)24-25-21(26)30-14-20(27)23-12-16-8-7-11-28-16/h5-11,15H,3-4,12-14H2,1-2H3,(H,23,27). The number of aromatic nitrogens is 3. The van der Waals surface area contributed by atoms with Crippen LogP contribution in [0.1, 0.15) is 44.3 Å². The van der Waals surface area contributed by atoms with Crippen molar-refractivity contribution in [3.05, 3.63) is 59.3 Å². The first-order valence-corrected chi connectivity index (χ1v) is 11.2. The summed E-state index contributed by atoms with van der Waals surface area (Å²) in [4.78, 5) is 12.2. The van der Waals surface area contributed by atoms with Crippen molar-refractivity contribution < 1.29 is 13.9 Å². The number of carbonyl (C=O) groups excluding carboxylic acids is 1. The van der Waals surface area contributed by atoms with Crippen LogP contribution in [0.5, 0.6) is 5.75 Å². The van der Waals surface area contributed by atoms with Gasteiger partial charge in [-0.25, -0.2) is 0 Å². The van der Waals surface area contributed by atoms with E-state index in [4.69, 9.17) is 20.8 Å². The van der Waals surface area contributed by atoms with Gasteiger partial charge in [-0.2, -0.15) is 0 Å². The maximum absolute atomic E-state index is 12.2. The van der Waals surface area contributed by atoms with Crippen molar-refractivity contribution in [1.29, 1.82) is 0 Å². The monoisotopic (exact) mass is 448 g/mol. The summed E-state index contributed by atoms with van der Waals surface area (Å²) in [5, 5.41) is 12.7. The summed E-state index contributed by atoms with van der Waals surface area (Å²) >= 11 is 7.54. The highest BCUT2D eigenvalue weighted by Gasteiger charge is 2.20. The molecule has 0 radical (unpaired) electrons. The molecule has 0 aliphatic carbocycles. The first-order valence-electron chi connectivity index (χ1n) is 9.85. The number of thioether (sulfide) groups is 1. The SMILES string of the molecule is CCC(CC)n1c(COc2ccccc2Cl)nnc1SCC(=O)NCc1ccco1. The molecule has 1 aromatic carbocycles. The van der Waals surface area contributed by atoms with Crippen molar-refractivity contribution in [2.75, 3.05) is 5.75 Å². The molecule has 0 saturated carbocycles. The van der Waals surface area contributed by atoms with Crippen molar-refractivity contribution in [3.63, 3.8) is 0 Å². The van der Waals surface area contributed by atoms with Crippen LogP contribution in [0, 0.1) is 0 Å². The maximum atomic E-state index is 12.2. The highest BCUT2D eigenvalue weighted by Crippen LogP contribution is 2.28. The molecule has 1 N–H and O–H groups in total. The normalized spacial score (nSPS) is 11.1. The number of halogens is 1. The molecule has 2 heterocycles. The molecule has 160 valence electrons. The zero-order chi connectivity index (χ0) is 21.3. The Bertz CT molecular complexity index is 942. The number of furan rings is 1. The van der Waals surface area contributed by atoms with E-state index in [-0.39, 0.29) is 24.3 Å². The lowest BCUT2D eigenvalue weighted by Crippen LogP contribution is -2.24. The highest BCUT2D eigenvalue weighted by molar-refractivity contribution is 7.99. The van der Waals surface area contributed by atoms with E-state index in [0.717, 1.165) is 12.8 Å². The van der Waals surface area contributed by atoms with Gasteiger partial charge in [-0.1, -0.05) is 49.3 Å². The topological polar surface area (TPSA) is 82.2 Å². The van der Waals surface area contributed by atoms with Crippen LogP contribution in [0.25, 0.3) is 0 Å². The van der Waals surface area contributed by atoms with Crippen LogP contribution in [0.15, 0.2) is 52.2 Å². The Morgan fingerprint density at radius 1 is 1.23 bits per heavy atom. The van der Waals surface area contributed by atoms with Gasteiger partial charge in [-0.3, -0.25) is 4.79 Å². The molecule has 0 aliphatic heterocycles. The van der Waals surface area contributed by atoms with Crippen LogP contribution in [-0.2, 0) is 17.9 Å². The van der Waals surface area contributed by atoms with Gasteiger partial charge in [-0.05, 0) is 37.1 Å². The Morgan fingerprint density at radius 3 is 2.73 bits per heavy atom. The molecular formula is C21H25ClN4O3S. The first-order chi connectivity index (χ1) is 14.6. The minimum absolute atomic E-state index is 0.0932. The molecule has 1 amide bonds. The lowest BCUT2D eigenvalue weighted by molar-refractivity contribution is -0.118. The van der Waals surface area contributed by atoms with Gasteiger partial charge >= 0.3 is 0 Å². The summed E-state index contributed by atoms with van der Waals surface area (Å²) in [6.45, 7) is 4.86. The van der Waals surface area contributed by atoms with Gasteiger partial charge in [0.05, 0.1) is 23.6 Å². The molecule has 0 saturated heterocycles. The molecule has 0 spiro atoms. The van der Waals surface area contributed by atoms with E-state index >= 15 is 0 Å². The van der Waals surface area contributed by atoms with Crippen LogP contribution >= 0.6 is 23.4 Å². The number of hydrogen-bond acceptors (Lipinski definition) is 6. The van der Waals surface area contributed by atoms with E-state index in [0.29, 0.717) is 34.1 Å². The van der Waals surface area contributed by atoms with E-state index < -0.39 is 0 Å². The number of nitrogens with zero attached hydrogens (tertiary/aromatic N) is 3. The molecule has 0 bridgehead atoms. The zero-order valence-electron chi connectivity index (χ0n) is 17.0.